The lowest BCUT2D eigenvalue weighted by molar-refractivity contribution is -0.0464. The third-order valence-electron chi connectivity index (χ3n) is 3.41. The van der Waals surface area contributed by atoms with E-state index in [-0.39, 0.29) is 18.8 Å². The molecule has 0 aromatic carbocycles. The molecule has 9 nitrogen and oxygen atoms in total. The Kier molecular flexibility index (Phi) is 17.5. The predicted octanol–water partition coefficient (Wildman–Crippen LogP) is 2.49. The van der Waals surface area contributed by atoms with Crippen LogP contribution in [-0.2, 0) is 37.5 Å². The van der Waals surface area contributed by atoms with E-state index in [1.54, 1.807) is 13.8 Å². The average molecular weight is 445 g/mol. The van der Waals surface area contributed by atoms with Gasteiger partial charge in [0.15, 0.2) is 0 Å². The molecule has 0 rings (SSSR count). The molecule has 0 aromatic rings. The number of rotatable bonds is 20. The molecule has 0 aliphatic carbocycles. The highest BCUT2D eigenvalue weighted by atomic mass is 31.2. The lowest BCUT2D eigenvalue weighted by atomic mass is 10.2. The Bertz CT molecular complexity index is 413. The topological polar surface area (TPSA) is 102 Å². The van der Waals surface area contributed by atoms with Crippen molar-refractivity contribution in [3.63, 3.8) is 0 Å². The summed E-state index contributed by atoms with van der Waals surface area (Å²) in [6.45, 7) is 14.6. The molecule has 10 heteroatoms. The Morgan fingerprint density at radius 1 is 0.655 bits per heavy atom. The minimum atomic E-state index is -3.51. The minimum Gasteiger partial charge on any atom is -0.377 e. The van der Waals surface area contributed by atoms with Gasteiger partial charge in [-0.25, -0.2) is 0 Å². The van der Waals surface area contributed by atoms with Gasteiger partial charge in [-0.1, -0.05) is 13.8 Å². The van der Waals surface area contributed by atoms with Crippen molar-refractivity contribution < 1.29 is 42.4 Å². The zero-order chi connectivity index (χ0) is 22.0. The maximum absolute atomic E-state index is 11.5. The second-order valence-corrected chi connectivity index (χ2v) is 9.93. The van der Waals surface area contributed by atoms with Gasteiger partial charge in [0.2, 0.25) is 0 Å². The summed E-state index contributed by atoms with van der Waals surface area (Å²) in [5, 5.41) is 0. The summed E-state index contributed by atoms with van der Waals surface area (Å²) in [5.74, 6) is 0. The van der Waals surface area contributed by atoms with Crippen LogP contribution in [0.4, 0.5) is 0 Å². The molecule has 0 aromatic heterocycles. The highest BCUT2D eigenvalue weighted by Crippen LogP contribution is 2.46. The van der Waals surface area contributed by atoms with Gasteiger partial charge in [-0.05, 0) is 20.8 Å². The molecule has 0 saturated heterocycles. The Hall–Kier alpha value is -0.0900. The van der Waals surface area contributed by atoms with Crippen molar-refractivity contribution in [1.82, 2.24) is 0 Å². The molecule has 0 fully saturated rings. The monoisotopic (exact) mass is 444 g/mol. The Morgan fingerprint density at radius 2 is 0.966 bits per heavy atom. The second-order valence-electron chi connectivity index (χ2n) is 7.51. The van der Waals surface area contributed by atoms with Crippen LogP contribution in [0.15, 0.2) is 0 Å². The lowest BCUT2D eigenvalue weighted by Gasteiger charge is -2.19. The summed E-state index contributed by atoms with van der Waals surface area (Å²) in [7, 11) is -3.51. The molecule has 1 atom stereocenters. The van der Waals surface area contributed by atoms with Crippen LogP contribution in [0.5, 0.6) is 0 Å². The third kappa shape index (κ3) is 20.9. The van der Waals surface area contributed by atoms with Gasteiger partial charge >= 0.3 is 7.60 Å². The van der Waals surface area contributed by atoms with Gasteiger partial charge in [-0.3, -0.25) is 4.57 Å². The van der Waals surface area contributed by atoms with E-state index in [1.165, 1.54) is 0 Å². The van der Waals surface area contributed by atoms with E-state index in [4.69, 9.17) is 32.9 Å². The molecule has 176 valence electrons. The molecular formula is C19H41O9P. The van der Waals surface area contributed by atoms with E-state index in [0.717, 1.165) is 0 Å². The van der Waals surface area contributed by atoms with Crippen molar-refractivity contribution in [3.05, 3.63) is 0 Å². The molecule has 0 heterocycles. The zero-order valence-electron chi connectivity index (χ0n) is 18.7. The molecule has 0 amide bonds. The predicted molar refractivity (Wildman–Crippen MR) is 111 cm³/mol. The van der Waals surface area contributed by atoms with Crippen molar-refractivity contribution in [2.75, 3.05) is 79.3 Å². The average Bonchev–Trinajstić information content (AvgIpc) is 2.62. The Labute approximate surface area is 175 Å². The van der Waals surface area contributed by atoms with E-state index in [2.05, 4.69) is 0 Å². The second kappa shape index (κ2) is 17.6. The Balaban J connectivity index is 3.17. The van der Waals surface area contributed by atoms with Gasteiger partial charge in [0.05, 0.1) is 90.5 Å². The van der Waals surface area contributed by atoms with Gasteiger partial charge in [0.1, 0.15) is 0 Å². The summed E-state index contributed by atoms with van der Waals surface area (Å²) >= 11 is 0. The molecule has 0 bridgehead atoms. The molecule has 0 radical (unpaired) electrons. The van der Waals surface area contributed by atoms with E-state index < -0.39 is 13.3 Å². The van der Waals surface area contributed by atoms with Crippen LogP contribution in [0.3, 0.4) is 0 Å². The standard InChI is InChI=1S/C19H41O9P/c1-18(2)29(20,21)28-17-15-26-13-11-24-9-7-22-6-8-23-10-12-25-14-16-27-19(3,4)5/h18H,6-17H2,1-5H3,(H,20,21). The normalized spacial score (nSPS) is 14.4. The van der Waals surface area contributed by atoms with Crippen LogP contribution in [-0.4, -0.2) is 95.4 Å². The van der Waals surface area contributed by atoms with E-state index in [0.29, 0.717) is 66.1 Å². The molecular weight excluding hydrogens is 403 g/mol. The van der Waals surface area contributed by atoms with Crippen LogP contribution in [0.2, 0.25) is 0 Å². The van der Waals surface area contributed by atoms with Gasteiger partial charge in [0, 0.05) is 0 Å². The van der Waals surface area contributed by atoms with Crippen LogP contribution in [0.1, 0.15) is 34.6 Å². The van der Waals surface area contributed by atoms with Gasteiger partial charge in [-0.15, -0.1) is 0 Å². The fraction of sp³-hybridized carbons (Fsp3) is 1.00. The van der Waals surface area contributed by atoms with E-state index in [9.17, 15) is 9.46 Å². The van der Waals surface area contributed by atoms with E-state index >= 15 is 0 Å². The summed E-state index contributed by atoms with van der Waals surface area (Å²) in [5.41, 5.74) is -0.549. The third-order valence-corrected chi connectivity index (χ3v) is 5.26. The first-order valence-electron chi connectivity index (χ1n) is 10.1. The number of hydrogen-bond donors (Lipinski definition) is 1. The number of hydrogen-bond acceptors (Lipinski definition) is 8. The summed E-state index contributed by atoms with van der Waals surface area (Å²) < 4.78 is 48.8. The van der Waals surface area contributed by atoms with Crippen molar-refractivity contribution >= 4 is 7.60 Å². The molecule has 0 aliphatic heterocycles. The zero-order valence-corrected chi connectivity index (χ0v) is 19.6. The summed E-state index contributed by atoms with van der Waals surface area (Å²) in [6, 6.07) is 0. The van der Waals surface area contributed by atoms with Crippen LogP contribution in [0.25, 0.3) is 0 Å². The fourth-order valence-electron chi connectivity index (χ4n) is 1.76. The quantitative estimate of drug-likeness (QED) is 0.224. The maximum atomic E-state index is 11.5. The van der Waals surface area contributed by atoms with Crippen molar-refractivity contribution in [1.29, 1.82) is 0 Å². The lowest BCUT2D eigenvalue weighted by Crippen LogP contribution is -2.22. The van der Waals surface area contributed by atoms with Crippen molar-refractivity contribution in [2.24, 2.45) is 0 Å². The molecule has 1 unspecified atom stereocenters. The smallest absolute Gasteiger partial charge is 0.330 e. The highest BCUT2D eigenvalue weighted by molar-refractivity contribution is 7.53. The molecule has 0 spiro atoms. The fourth-order valence-corrected chi connectivity index (χ4v) is 2.40. The molecule has 29 heavy (non-hydrogen) atoms. The summed E-state index contributed by atoms with van der Waals surface area (Å²) in [6.07, 6.45) is 0. The SMILES string of the molecule is CC(C)P(=O)(O)OCCOCCOCCOCCOCCOCCOC(C)(C)C. The number of ether oxygens (including phenoxy) is 6. The molecule has 0 saturated carbocycles. The summed E-state index contributed by atoms with van der Waals surface area (Å²) in [4.78, 5) is 9.47. The van der Waals surface area contributed by atoms with Gasteiger partial charge < -0.3 is 37.8 Å². The van der Waals surface area contributed by atoms with Crippen molar-refractivity contribution in [3.8, 4) is 0 Å². The first-order valence-corrected chi connectivity index (χ1v) is 11.8. The minimum absolute atomic E-state index is 0.0881. The van der Waals surface area contributed by atoms with Crippen LogP contribution in [0, 0.1) is 0 Å². The van der Waals surface area contributed by atoms with Crippen LogP contribution < -0.4 is 0 Å². The van der Waals surface area contributed by atoms with Crippen molar-refractivity contribution in [2.45, 2.75) is 45.9 Å². The first kappa shape index (κ1) is 28.9. The largest absolute Gasteiger partial charge is 0.377 e. The maximum Gasteiger partial charge on any atom is 0.330 e. The molecule has 0 aliphatic rings. The Morgan fingerprint density at radius 3 is 1.28 bits per heavy atom. The van der Waals surface area contributed by atoms with E-state index in [1.807, 2.05) is 20.8 Å². The first-order chi connectivity index (χ1) is 13.7. The highest BCUT2D eigenvalue weighted by Gasteiger charge is 2.23. The van der Waals surface area contributed by atoms with Gasteiger partial charge in [0.25, 0.3) is 0 Å². The van der Waals surface area contributed by atoms with Gasteiger partial charge in [-0.2, -0.15) is 0 Å². The molecule has 1 N–H and O–H groups in total. The van der Waals surface area contributed by atoms with Crippen LogP contribution >= 0.6 is 7.60 Å².